The predicted molar refractivity (Wildman–Crippen MR) is 118 cm³/mol. The average Bonchev–Trinajstić information content (AvgIpc) is 3.09. The molecule has 0 bridgehead atoms. The fraction of sp³-hybridized carbons (Fsp3) is 0.923. The average molecular weight is 513 g/mol. The lowest BCUT2D eigenvalue weighted by molar-refractivity contribution is -0.347. The Kier molecular flexibility index (Phi) is 6.71. The number of aliphatic hydroxyl groups is 3. The Balaban J connectivity index is 1.56. The van der Waals surface area contributed by atoms with Gasteiger partial charge in [-0.25, -0.2) is 0 Å². The molecule has 0 unspecified atom stereocenters. The van der Waals surface area contributed by atoms with E-state index in [1.54, 1.807) is 6.92 Å². The van der Waals surface area contributed by atoms with Crippen molar-refractivity contribution in [2.45, 2.75) is 102 Å². The highest BCUT2D eigenvalue weighted by atomic mass is 19.4. The van der Waals surface area contributed by atoms with Crippen LogP contribution in [0.15, 0.2) is 12.2 Å². The summed E-state index contributed by atoms with van der Waals surface area (Å²) in [5, 5.41) is 30.8. The molecule has 3 N–H and O–H groups in total. The van der Waals surface area contributed by atoms with Gasteiger partial charge in [-0.3, -0.25) is 0 Å². The molecule has 4 saturated carbocycles. The monoisotopic (exact) mass is 512 g/mol. The molecule has 0 amide bonds. The van der Waals surface area contributed by atoms with Gasteiger partial charge >= 0.3 is 12.4 Å². The van der Waals surface area contributed by atoms with Crippen molar-refractivity contribution in [1.29, 1.82) is 0 Å². The molecule has 0 aromatic carbocycles. The van der Waals surface area contributed by atoms with Crippen LogP contribution < -0.4 is 0 Å². The van der Waals surface area contributed by atoms with Gasteiger partial charge in [-0.2, -0.15) is 26.3 Å². The summed E-state index contributed by atoms with van der Waals surface area (Å²) in [4.78, 5) is 0. The van der Waals surface area contributed by atoms with E-state index in [0.29, 0.717) is 25.2 Å². The second kappa shape index (κ2) is 8.62. The maximum absolute atomic E-state index is 13.1. The van der Waals surface area contributed by atoms with E-state index in [9.17, 15) is 41.7 Å². The molecule has 0 radical (unpaired) electrons. The molecule has 4 aliphatic rings. The lowest BCUT2D eigenvalue weighted by atomic mass is 9.44. The molecule has 10 atom stereocenters. The molecule has 4 fully saturated rings. The molecular formula is C26H38F6O3. The second-order valence-electron chi connectivity index (χ2n) is 12.4. The predicted octanol–water partition coefficient (Wildman–Crippen LogP) is 6.03. The van der Waals surface area contributed by atoms with Gasteiger partial charge in [0.05, 0.1) is 12.2 Å². The van der Waals surface area contributed by atoms with E-state index < -0.39 is 30.0 Å². The van der Waals surface area contributed by atoms with Crippen LogP contribution in [-0.2, 0) is 0 Å². The minimum absolute atomic E-state index is 0.0540. The van der Waals surface area contributed by atoms with E-state index in [1.807, 2.05) is 0 Å². The first-order chi connectivity index (χ1) is 16.0. The molecule has 9 heteroatoms. The number of allylic oxidation sites excluding steroid dienone is 1. The van der Waals surface area contributed by atoms with Crippen molar-refractivity contribution in [2.75, 3.05) is 0 Å². The molecule has 0 saturated heterocycles. The molecular weight excluding hydrogens is 474 g/mol. The summed E-state index contributed by atoms with van der Waals surface area (Å²) < 4.78 is 78.8. The fourth-order valence-corrected chi connectivity index (χ4v) is 8.96. The first-order valence-electron chi connectivity index (χ1n) is 12.9. The molecule has 0 aromatic heterocycles. The smallest absolute Gasteiger partial charge is 0.393 e. The van der Waals surface area contributed by atoms with E-state index >= 15 is 0 Å². The Morgan fingerprint density at radius 1 is 0.800 bits per heavy atom. The third-order valence-electron chi connectivity index (χ3n) is 10.9. The quantitative estimate of drug-likeness (QED) is 0.320. The molecule has 4 rings (SSSR count). The normalized spacial score (nSPS) is 45.7. The summed E-state index contributed by atoms with van der Waals surface area (Å²) in [6.45, 7) is 5.99. The highest BCUT2D eigenvalue weighted by Gasteiger charge is 2.69. The Hall–Kier alpha value is -0.800. The van der Waals surface area contributed by atoms with Crippen molar-refractivity contribution < 1.29 is 41.7 Å². The van der Waals surface area contributed by atoms with Crippen LogP contribution in [0, 0.1) is 46.3 Å². The molecule has 202 valence electrons. The van der Waals surface area contributed by atoms with Gasteiger partial charge < -0.3 is 15.3 Å². The summed E-state index contributed by atoms with van der Waals surface area (Å²) in [5.41, 5.74) is -5.19. The summed E-state index contributed by atoms with van der Waals surface area (Å²) in [6.07, 6.45) is -5.73. The van der Waals surface area contributed by atoms with Gasteiger partial charge in [0, 0.05) is 0 Å². The van der Waals surface area contributed by atoms with Crippen LogP contribution in [0.3, 0.4) is 0 Å². The van der Waals surface area contributed by atoms with Crippen LogP contribution in [0.4, 0.5) is 26.3 Å². The van der Waals surface area contributed by atoms with Gasteiger partial charge in [-0.15, -0.1) is 0 Å². The van der Waals surface area contributed by atoms with Crippen LogP contribution >= 0.6 is 0 Å². The Morgan fingerprint density at radius 2 is 1.37 bits per heavy atom. The zero-order valence-electron chi connectivity index (χ0n) is 20.5. The van der Waals surface area contributed by atoms with E-state index in [1.165, 1.54) is 0 Å². The van der Waals surface area contributed by atoms with Crippen molar-refractivity contribution in [3.63, 3.8) is 0 Å². The third-order valence-corrected chi connectivity index (χ3v) is 10.9. The number of aliphatic hydroxyl groups excluding tert-OH is 2. The molecule has 3 nitrogen and oxygen atoms in total. The van der Waals surface area contributed by atoms with Crippen molar-refractivity contribution in [1.82, 2.24) is 0 Å². The topological polar surface area (TPSA) is 60.7 Å². The summed E-state index contributed by atoms with van der Waals surface area (Å²) in [7, 11) is 0. The number of fused-ring (bicyclic) bond motifs is 5. The molecule has 0 aliphatic heterocycles. The number of halogens is 6. The number of hydrogen-bond donors (Lipinski definition) is 3. The highest BCUT2D eigenvalue weighted by molar-refractivity contribution is 5.15. The summed E-state index contributed by atoms with van der Waals surface area (Å²) in [6, 6.07) is 0. The van der Waals surface area contributed by atoms with Crippen LogP contribution in [0.25, 0.3) is 0 Å². The van der Waals surface area contributed by atoms with Crippen molar-refractivity contribution in [3.8, 4) is 0 Å². The Bertz CT molecular complexity index is 811. The Labute approximate surface area is 203 Å². The summed E-state index contributed by atoms with van der Waals surface area (Å²) in [5.74, 6) is 0.268. The summed E-state index contributed by atoms with van der Waals surface area (Å²) >= 11 is 0. The highest BCUT2D eigenvalue weighted by Crippen LogP contribution is 2.68. The van der Waals surface area contributed by atoms with Crippen molar-refractivity contribution >= 4 is 0 Å². The first-order valence-corrected chi connectivity index (χ1v) is 12.9. The van der Waals surface area contributed by atoms with Gasteiger partial charge in [-0.1, -0.05) is 26.8 Å². The van der Waals surface area contributed by atoms with E-state index in [0.717, 1.165) is 38.2 Å². The minimum Gasteiger partial charge on any atom is -0.393 e. The van der Waals surface area contributed by atoms with Crippen molar-refractivity contribution in [3.05, 3.63) is 12.2 Å². The van der Waals surface area contributed by atoms with Gasteiger partial charge in [-0.05, 0) is 104 Å². The molecule has 0 spiro atoms. The van der Waals surface area contributed by atoms with Crippen LogP contribution in [0.2, 0.25) is 0 Å². The SMILES string of the molecule is C[C@H](/C=C/C(O)(C(F)(F)F)C(F)(F)F)[C@H]1CC[C@H]2[C@@H]3C[C@H](O)[C@@H]4C[C@@H](O)CC[C@]4(C)[C@H]3CC[C@]12C. The fourth-order valence-electron chi connectivity index (χ4n) is 8.96. The van der Waals surface area contributed by atoms with Gasteiger partial charge in [0.1, 0.15) is 0 Å². The molecule has 35 heavy (non-hydrogen) atoms. The largest absolute Gasteiger partial charge is 0.429 e. The van der Waals surface area contributed by atoms with Gasteiger partial charge in [0.2, 0.25) is 0 Å². The Morgan fingerprint density at radius 3 is 1.97 bits per heavy atom. The van der Waals surface area contributed by atoms with Gasteiger partial charge in [0.25, 0.3) is 5.60 Å². The zero-order valence-corrected chi connectivity index (χ0v) is 20.5. The maximum atomic E-state index is 13.1. The van der Waals surface area contributed by atoms with Crippen molar-refractivity contribution in [2.24, 2.45) is 46.3 Å². The zero-order chi connectivity index (χ0) is 26.2. The molecule has 0 aromatic rings. The number of alkyl halides is 6. The first kappa shape index (κ1) is 27.2. The molecule has 4 aliphatic carbocycles. The van der Waals surface area contributed by atoms with Crippen LogP contribution in [-0.4, -0.2) is 45.5 Å². The van der Waals surface area contributed by atoms with E-state index in [-0.39, 0.29) is 46.7 Å². The second-order valence-corrected chi connectivity index (χ2v) is 12.4. The third kappa shape index (κ3) is 4.15. The van der Waals surface area contributed by atoms with Gasteiger partial charge in [0.15, 0.2) is 0 Å². The maximum Gasteiger partial charge on any atom is 0.429 e. The van der Waals surface area contributed by atoms with Crippen LogP contribution in [0.5, 0.6) is 0 Å². The lowest BCUT2D eigenvalue weighted by Gasteiger charge is -2.62. The van der Waals surface area contributed by atoms with Crippen LogP contribution in [0.1, 0.15) is 72.1 Å². The van der Waals surface area contributed by atoms with E-state index in [2.05, 4.69) is 13.8 Å². The van der Waals surface area contributed by atoms with E-state index in [4.69, 9.17) is 0 Å². The number of hydrogen-bond acceptors (Lipinski definition) is 3. The lowest BCUT2D eigenvalue weighted by Crippen LogP contribution is -2.58. The standard InChI is InChI=1S/C26H38F6O3/c1-14(6-11-24(35,25(27,28)29)26(30,31)32)17-4-5-18-16-13-21(34)20-12-15(33)7-9-23(20,3)19(16)8-10-22(17,18)2/h6,11,14-21,33-35H,4-5,7-10,12-13H2,1-3H3/b11-6+/t14-,15+,16+,17-,18+,19+,20+,21+,22-,23-/m1/s1. The number of rotatable bonds is 3. The molecule has 0 heterocycles. The minimum atomic E-state index is -5.86.